The van der Waals surface area contributed by atoms with Crippen LogP contribution in [0.1, 0.15) is 39.0 Å². The van der Waals surface area contributed by atoms with Crippen molar-refractivity contribution in [1.29, 1.82) is 0 Å². The summed E-state index contributed by atoms with van der Waals surface area (Å²) in [4.78, 5) is 23.6. The van der Waals surface area contributed by atoms with Gasteiger partial charge >= 0.3 is 11.4 Å². The van der Waals surface area contributed by atoms with Crippen molar-refractivity contribution in [1.82, 2.24) is 9.29 Å². The van der Waals surface area contributed by atoms with Crippen LogP contribution in [0.2, 0.25) is 0 Å². The number of nitrogens with one attached hydrogen (secondary N) is 1. The van der Waals surface area contributed by atoms with Gasteiger partial charge in [0.25, 0.3) is 0 Å². The zero-order chi connectivity index (χ0) is 17.3. The lowest BCUT2D eigenvalue weighted by Gasteiger charge is -2.22. The maximum absolute atomic E-state index is 12.6. The number of aromatic nitrogens is 1. The Balaban J connectivity index is 2.04. The molecule has 1 aromatic heterocycles. The zero-order valence-corrected chi connectivity index (χ0v) is 14.3. The van der Waals surface area contributed by atoms with Gasteiger partial charge in [-0.15, -0.1) is 0 Å². The van der Waals surface area contributed by atoms with Crippen molar-refractivity contribution in [3.63, 3.8) is 0 Å². The average Bonchev–Trinajstić information content (AvgIpc) is 2.55. The molecule has 0 aliphatic heterocycles. The van der Waals surface area contributed by atoms with Crippen LogP contribution in [-0.4, -0.2) is 19.0 Å². The second kappa shape index (κ2) is 6.52. The molecule has 0 amide bonds. The molecule has 1 fully saturated rings. The molecule has 3 rings (SSSR count). The number of hydrogen-bond acceptors (Lipinski definition) is 5. The van der Waals surface area contributed by atoms with Crippen LogP contribution in [0.4, 0.5) is 0 Å². The van der Waals surface area contributed by atoms with Gasteiger partial charge in [-0.3, -0.25) is 4.57 Å². The molecule has 1 saturated carbocycles. The van der Waals surface area contributed by atoms with Gasteiger partial charge < -0.3 is 4.42 Å². The van der Waals surface area contributed by atoms with Crippen LogP contribution in [0.25, 0.3) is 10.9 Å². The maximum Gasteiger partial charge on any atom is 0.422 e. The maximum atomic E-state index is 12.6. The van der Waals surface area contributed by atoms with Crippen molar-refractivity contribution in [2.75, 3.05) is 0 Å². The number of benzene rings is 1. The van der Waals surface area contributed by atoms with E-state index >= 15 is 0 Å². The lowest BCUT2D eigenvalue weighted by atomic mass is 9.96. The van der Waals surface area contributed by atoms with Gasteiger partial charge in [0.2, 0.25) is 10.0 Å². The summed E-state index contributed by atoms with van der Waals surface area (Å²) in [5.41, 5.74) is -0.454. The molecule has 0 bridgehead atoms. The van der Waals surface area contributed by atoms with Gasteiger partial charge in [-0.05, 0) is 38.0 Å². The summed E-state index contributed by atoms with van der Waals surface area (Å²) in [6.45, 7) is 2.07. The smallest absolute Gasteiger partial charge is 0.372 e. The molecule has 8 heteroatoms. The fraction of sp³-hybridized carbons (Fsp3) is 0.500. The average molecular weight is 352 g/mol. The third kappa shape index (κ3) is 3.16. The van der Waals surface area contributed by atoms with Crippen molar-refractivity contribution in [3.8, 4) is 0 Å². The Bertz CT molecular complexity index is 968. The monoisotopic (exact) mass is 352 g/mol. The first kappa shape index (κ1) is 16.9. The second-order valence-electron chi connectivity index (χ2n) is 6.03. The van der Waals surface area contributed by atoms with Gasteiger partial charge in [0.05, 0.1) is 15.8 Å². The molecule has 1 aliphatic rings. The topological polar surface area (TPSA) is 98.4 Å². The van der Waals surface area contributed by atoms with E-state index < -0.39 is 21.4 Å². The van der Waals surface area contributed by atoms with Gasteiger partial charge in [-0.2, -0.15) is 0 Å². The van der Waals surface area contributed by atoms with E-state index in [1.165, 1.54) is 22.8 Å². The molecule has 0 radical (unpaired) electrons. The highest BCUT2D eigenvalue weighted by Gasteiger charge is 2.23. The van der Waals surface area contributed by atoms with E-state index in [9.17, 15) is 18.0 Å². The van der Waals surface area contributed by atoms with Gasteiger partial charge in [-0.1, -0.05) is 19.3 Å². The van der Waals surface area contributed by atoms with Crippen LogP contribution < -0.4 is 16.1 Å². The highest BCUT2D eigenvalue weighted by atomic mass is 32.2. The fourth-order valence-electron chi connectivity index (χ4n) is 3.18. The Morgan fingerprint density at radius 1 is 1.21 bits per heavy atom. The normalized spacial score (nSPS) is 16.5. The summed E-state index contributed by atoms with van der Waals surface area (Å²) in [6, 6.07) is 4.10. The minimum absolute atomic E-state index is 0.00850. The molecule has 0 atom stereocenters. The minimum Gasteiger partial charge on any atom is -0.372 e. The third-order valence-electron chi connectivity index (χ3n) is 4.43. The number of nitrogens with zero attached hydrogens (tertiary/aromatic N) is 1. The summed E-state index contributed by atoms with van der Waals surface area (Å²) in [5, 5.41) is 0.0861. The first-order chi connectivity index (χ1) is 11.4. The largest absolute Gasteiger partial charge is 0.422 e. The molecule has 1 aromatic carbocycles. The Hall–Kier alpha value is -1.93. The number of aryl methyl sites for hydroxylation is 1. The van der Waals surface area contributed by atoms with Gasteiger partial charge in [0.1, 0.15) is 0 Å². The Kier molecular flexibility index (Phi) is 4.60. The quantitative estimate of drug-likeness (QED) is 0.901. The number of rotatable bonds is 4. The van der Waals surface area contributed by atoms with Crippen molar-refractivity contribution in [3.05, 3.63) is 39.2 Å². The molecule has 0 spiro atoms. The Labute approximate surface area is 139 Å². The molecule has 1 aliphatic carbocycles. The molecule has 0 saturated heterocycles. The van der Waals surface area contributed by atoms with E-state index in [0.29, 0.717) is 12.1 Å². The summed E-state index contributed by atoms with van der Waals surface area (Å²) in [5.74, 6) is -0.745. The van der Waals surface area contributed by atoms with Crippen LogP contribution in [0.5, 0.6) is 0 Å². The van der Waals surface area contributed by atoms with E-state index in [1.807, 2.05) is 0 Å². The predicted molar refractivity (Wildman–Crippen MR) is 89.6 cm³/mol. The van der Waals surface area contributed by atoms with Crippen molar-refractivity contribution >= 4 is 20.9 Å². The van der Waals surface area contributed by atoms with Crippen LogP contribution in [0.15, 0.2) is 37.1 Å². The van der Waals surface area contributed by atoms with Crippen LogP contribution in [0.3, 0.4) is 0 Å². The van der Waals surface area contributed by atoms with Crippen molar-refractivity contribution in [2.24, 2.45) is 0 Å². The molecule has 24 heavy (non-hydrogen) atoms. The molecule has 130 valence electrons. The van der Waals surface area contributed by atoms with E-state index in [-0.39, 0.29) is 16.3 Å². The molecule has 1 N–H and O–H groups in total. The van der Waals surface area contributed by atoms with Crippen molar-refractivity contribution in [2.45, 2.75) is 56.5 Å². The summed E-state index contributed by atoms with van der Waals surface area (Å²) in [6.07, 6.45) is 4.80. The highest BCUT2D eigenvalue weighted by Crippen LogP contribution is 2.21. The zero-order valence-electron chi connectivity index (χ0n) is 13.4. The molecule has 0 unspecified atom stereocenters. The van der Waals surface area contributed by atoms with E-state index in [1.54, 1.807) is 6.92 Å². The number of fused-ring (bicyclic) bond motifs is 1. The predicted octanol–water partition coefficient (Wildman–Crippen LogP) is 1.59. The van der Waals surface area contributed by atoms with Gasteiger partial charge in [-0.25, -0.2) is 22.7 Å². The molecular formula is C16H20N2O5S. The summed E-state index contributed by atoms with van der Waals surface area (Å²) < 4.78 is 33.8. The summed E-state index contributed by atoms with van der Waals surface area (Å²) >= 11 is 0. The molecule has 2 aromatic rings. The Morgan fingerprint density at radius 2 is 1.92 bits per heavy atom. The lowest BCUT2D eigenvalue weighted by Crippen LogP contribution is -2.36. The fourth-order valence-corrected chi connectivity index (χ4v) is 4.51. The van der Waals surface area contributed by atoms with Crippen molar-refractivity contribution < 1.29 is 12.8 Å². The lowest BCUT2D eigenvalue weighted by molar-refractivity contribution is 0.412. The molecule has 7 nitrogen and oxygen atoms in total. The van der Waals surface area contributed by atoms with Crippen LogP contribution in [-0.2, 0) is 16.6 Å². The van der Waals surface area contributed by atoms with Gasteiger partial charge in [0, 0.05) is 12.6 Å². The minimum atomic E-state index is -3.72. The Morgan fingerprint density at radius 3 is 2.58 bits per heavy atom. The standard InChI is InChI=1S/C16H20N2O5S/c1-2-18-14-9-8-12(10-13(14)15(19)23-16(18)20)24(21,22)17-11-6-4-3-5-7-11/h8-11,17H,2-7H2,1H3. The van der Waals surface area contributed by atoms with E-state index in [4.69, 9.17) is 0 Å². The highest BCUT2D eigenvalue weighted by molar-refractivity contribution is 7.89. The second-order valence-corrected chi connectivity index (χ2v) is 7.75. The van der Waals surface area contributed by atoms with E-state index in [0.717, 1.165) is 32.1 Å². The molecular weight excluding hydrogens is 332 g/mol. The van der Waals surface area contributed by atoms with E-state index in [2.05, 4.69) is 9.14 Å². The molecule has 1 heterocycles. The van der Waals surface area contributed by atoms with Gasteiger partial charge in [0.15, 0.2) is 0 Å². The number of hydrogen-bond donors (Lipinski definition) is 1. The SMILES string of the molecule is CCn1c(=O)oc(=O)c2cc(S(=O)(=O)NC3CCCCC3)ccc21. The van der Waals surface area contributed by atoms with Crippen LogP contribution >= 0.6 is 0 Å². The summed E-state index contributed by atoms with van der Waals surface area (Å²) in [7, 11) is -3.72. The first-order valence-corrected chi connectivity index (χ1v) is 9.60. The van der Waals surface area contributed by atoms with Crippen LogP contribution in [0, 0.1) is 0 Å². The number of sulfonamides is 1. The third-order valence-corrected chi connectivity index (χ3v) is 5.95. The first-order valence-electron chi connectivity index (χ1n) is 8.12.